The molecule has 0 aliphatic carbocycles. The van der Waals surface area contributed by atoms with Crippen LogP contribution < -0.4 is 5.32 Å². The number of hydrogen-bond acceptors (Lipinski definition) is 5. The fraction of sp³-hybridized carbons (Fsp3) is 0.467. The van der Waals surface area contributed by atoms with Crippen LogP contribution in [0, 0.1) is 0 Å². The Bertz CT molecular complexity index is 655. The number of carbonyl (C=O) groups is 1. The van der Waals surface area contributed by atoms with Crippen LogP contribution in [0.25, 0.3) is 0 Å². The van der Waals surface area contributed by atoms with Gasteiger partial charge in [-0.25, -0.2) is 9.48 Å². The zero-order valence-corrected chi connectivity index (χ0v) is 12.7. The normalized spacial score (nSPS) is 20.3. The second-order valence-corrected chi connectivity index (χ2v) is 5.44. The maximum Gasteiger partial charge on any atom is 0.414 e. The molecule has 1 amide bonds. The molecule has 0 fully saturated rings. The predicted octanol–water partition coefficient (Wildman–Crippen LogP) is 2.53. The van der Waals surface area contributed by atoms with Gasteiger partial charge in [0.1, 0.15) is 5.82 Å². The van der Waals surface area contributed by atoms with E-state index >= 15 is 0 Å². The zero-order valence-electron chi connectivity index (χ0n) is 12.7. The molecule has 7 nitrogen and oxygen atoms in total. The van der Waals surface area contributed by atoms with Crippen LogP contribution in [0.1, 0.15) is 43.5 Å². The lowest BCUT2D eigenvalue weighted by atomic mass is 9.87. The molecule has 3 heterocycles. The first-order chi connectivity index (χ1) is 10.7. The highest BCUT2D eigenvalue weighted by Crippen LogP contribution is 2.35. The van der Waals surface area contributed by atoms with Crippen LogP contribution >= 0.6 is 0 Å². The molecular weight excluding hydrogens is 282 g/mol. The van der Waals surface area contributed by atoms with E-state index in [1.54, 1.807) is 13.1 Å². The third-order valence-electron chi connectivity index (χ3n) is 3.82. The van der Waals surface area contributed by atoms with Crippen LogP contribution in [0.5, 0.6) is 0 Å². The van der Waals surface area contributed by atoms with Gasteiger partial charge in [0.2, 0.25) is 0 Å². The van der Waals surface area contributed by atoms with E-state index in [9.17, 15) is 4.79 Å². The van der Waals surface area contributed by atoms with Gasteiger partial charge in [0.15, 0.2) is 0 Å². The van der Waals surface area contributed by atoms with E-state index < -0.39 is 6.09 Å². The minimum Gasteiger partial charge on any atom is -0.450 e. The number of carbonyl (C=O) groups excluding carboxylic acids is 1. The van der Waals surface area contributed by atoms with Gasteiger partial charge in [-0.15, -0.1) is 5.10 Å². The Morgan fingerprint density at radius 2 is 2.41 bits per heavy atom. The summed E-state index contributed by atoms with van der Waals surface area (Å²) in [7, 11) is 0. The van der Waals surface area contributed by atoms with Gasteiger partial charge < -0.3 is 4.74 Å². The number of anilines is 1. The molecule has 2 aromatic heterocycles. The van der Waals surface area contributed by atoms with Crippen molar-refractivity contribution in [2.45, 2.75) is 38.6 Å². The summed E-state index contributed by atoms with van der Waals surface area (Å²) in [5.41, 5.74) is 1.20. The molecule has 22 heavy (non-hydrogen) atoms. The van der Waals surface area contributed by atoms with Crippen LogP contribution in [0.2, 0.25) is 0 Å². The van der Waals surface area contributed by atoms with E-state index in [4.69, 9.17) is 4.74 Å². The standard InChI is InChI=1S/C15H19N5O2/c1-3-22-15(21)18-14-17-13-10(2)7-12(9-20(13)19-14)11-5-4-6-16-8-11/h4-6,8,10,12H,3,7,9H2,1-2H3,(H,18,19,21). The average molecular weight is 301 g/mol. The van der Waals surface area contributed by atoms with E-state index in [0.29, 0.717) is 18.5 Å². The number of pyridine rings is 1. The number of aromatic nitrogens is 4. The van der Waals surface area contributed by atoms with E-state index in [1.165, 1.54) is 5.56 Å². The first-order valence-corrected chi connectivity index (χ1v) is 7.45. The van der Waals surface area contributed by atoms with Gasteiger partial charge >= 0.3 is 6.09 Å². The van der Waals surface area contributed by atoms with Crippen molar-refractivity contribution in [3.05, 3.63) is 35.9 Å². The summed E-state index contributed by atoms with van der Waals surface area (Å²) in [6.07, 6.45) is 4.14. The SMILES string of the molecule is CCOC(=O)Nc1nc2n(n1)CC(c1cccnc1)CC2C. The number of rotatable bonds is 3. The van der Waals surface area contributed by atoms with Crippen LogP contribution in [0.15, 0.2) is 24.5 Å². The van der Waals surface area contributed by atoms with Gasteiger partial charge in [0, 0.05) is 24.2 Å². The molecular formula is C15H19N5O2. The van der Waals surface area contributed by atoms with Gasteiger partial charge in [0.25, 0.3) is 5.95 Å². The van der Waals surface area contributed by atoms with Crippen LogP contribution in [-0.2, 0) is 11.3 Å². The van der Waals surface area contributed by atoms with Crippen LogP contribution in [-0.4, -0.2) is 32.4 Å². The van der Waals surface area contributed by atoms with E-state index in [0.717, 1.165) is 18.8 Å². The minimum absolute atomic E-state index is 0.268. The quantitative estimate of drug-likeness (QED) is 0.942. The first kappa shape index (κ1) is 14.5. The smallest absolute Gasteiger partial charge is 0.414 e. The summed E-state index contributed by atoms with van der Waals surface area (Å²) < 4.78 is 6.72. The summed E-state index contributed by atoms with van der Waals surface area (Å²) in [6.45, 7) is 4.94. The first-order valence-electron chi connectivity index (χ1n) is 7.45. The molecule has 3 rings (SSSR count). The molecule has 2 aromatic rings. The molecule has 0 bridgehead atoms. The minimum atomic E-state index is -0.526. The zero-order chi connectivity index (χ0) is 15.5. The van der Waals surface area contributed by atoms with E-state index in [2.05, 4.69) is 33.4 Å². The fourth-order valence-corrected chi connectivity index (χ4v) is 2.84. The lowest BCUT2D eigenvalue weighted by Crippen LogP contribution is -2.22. The molecule has 0 radical (unpaired) electrons. The molecule has 2 unspecified atom stereocenters. The lowest BCUT2D eigenvalue weighted by molar-refractivity contribution is 0.167. The summed E-state index contributed by atoms with van der Waals surface area (Å²) in [6, 6.07) is 4.04. The number of amides is 1. The monoisotopic (exact) mass is 301 g/mol. The van der Waals surface area contributed by atoms with Crippen molar-refractivity contribution in [3.8, 4) is 0 Å². The molecule has 1 aliphatic rings. The summed E-state index contributed by atoms with van der Waals surface area (Å²) >= 11 is 0. The van der Waals surface area contributed by atoms with Gasteiger partial charge in [-0.2, -0.15) is 4.98 Å². The molecule has 0 saturated heterocycles. The second-order valence-electron chi connectivity index (χ2n) is 5.44. The lowest BCUT2D eigenvalue weighted by Gasteiger charge is -2.26. The van der Waals surface area contributed by atoms with E-state index in [-0.39, 0.29) is 5.92 Å². The number of hydrogen-bond donors (Lipinski definition) is 1. The number of nitrogens with zero attached hydrogens (tertiary/aromatic N) is 4. The van der Waals surface area contributed by atoms with Crippen molar-refractivity contribution in [2.75, 3.05) is 11.9 Å². The number of ether oxygens (including phenoxy) is 1. The fourth-order valence-electron chi connectivity index (χ4n) is 2.84. The highest BCUT2D eigenvalue weighted by Gasteiger charge is 2.28. The molecule has 7 heteroatoms. The van der Waals surface area contributed by atoms with Crippen LogP contribution in [0.4, 0.5) is 10.7 Å². The number of nitrogens with one attached hydrogen (secondary N) is 1. The van der Waals surface area contributed by atoms with Crippen molar-refractivity contribution in [1.29, 1.82) is 0 Å². The summed E-state index contributed by atoms with van der Waals surface area (Å²) in [4.78, 5) is 20.1. The van der Waals surface area contributed by atoms with E-state index in [1.807, 2.05) is 16.9 Å². The molecule has 116 valence electrons. The Balaban J connectivity index is 1.78. The van der Waals surface area contributed by atoms with Crippen molar-refractivity contribution in [2.24, 2.45) is 0 Å². The largest absolute Gasteiger partial charge is 0.450 e. The molecule has 0 aromatic carbocycles. The Kier molecular flexibility index (Phi) is 4.04. The van der Waals surface area contributed by atoms with Crippen molar-refractivity contribution in [3.63, 3.8) is 0 Å². The third kappa shape index (κ3) is 2.93. The van der Waals surface area contributed by atoms with Crippen molar-refractivity contribution < 1.29 is 9.53 Å². The Labute approximate surface area is 128 Å². The van der Waals surface area contributed by atoms with Crippen molar-refractivity contribution in [1.82, 2.24) is 19.7 Å². The molecule has 2 atom stereocenters. The summed E-state index contributed by atoms with van der Waals surface area (Å²) in [5, 5.41) is 6.93. The van der Waals surface area contributed by atoms with Gasteiger partial charge in [0.05, 0.1) is 13.2 Å². The molecule has 0 spiro atoms. The maximum absolute atomic E-state index is 11.5. The predicted molar refractivity (Wildman–Crippen MR) is 80.7 cm³/mol. The Morgan fingerprint density at radius 3 is 3.14 bits per heavy atom. The highest BCUT2D eigenvalue weighted by molar-refractivity contribution is 5.82. The maximum atomic E-state index is 11.5. The summed E-state index contributed by atoms with van der Waals surface area (Å²) in [5.74, 6) is 1.82. The Morgan fingerprint density at radius 1 is 1.55 bits per heavy atom. The van der Waals surface area contributed by atoms with Crippen molar-refractivity contribution >= 4 is 12.0 Å². The molecule has 1 N–H and O–H groups in total. The van der Waals surface area contributed by atoms with Gasteiger partial charge in [-0.05, 0) is 25.0 Å². The highest BCUT2D eigenvalue weighted by atomic mass is 16.5. The van der Waals surface area contributed by atoms with Gasteiger partial charge in [-0.1, -0.05) is 13.0 Å². The number of fused-ring (bicyclic) bond motifs is 1. The molecule has 1 aliphatic heterocycles. The van der Waals surface area contributed by atoms with Crippen LogP contribution in [0.3, 0.4) is 0 Å². The average Bonchev–Trinajstić information content (AvgIpc) is 2.91. The Hall–Kier alpha value is -2.44. The molecule has 0 saturated carbocycles. The topological polar surface area (TPSA) is 81.9 Å². The third-order valence-corrected chi connectivity index (χ3v) is 3.82. The second kappa shape index (κ2) is 6.13. The van der Waals surface area contributed by atoms with Gasteiger partial charge in [-0.3, -0.25) is 10.3 Å².